The predicted molar refractivity (Wildman–Crippen MR) is 103 cm³/mol. The summed E-state index contributed by atoms with van der Waals surface area (Å²) < 4.78 is 20.2. The first-order valence-electron chi connectivity index (χ1n) is 8.49. The van der Waals surface area contributed by atoms with Crippen LogP contribution in [-0.2, 0) is 9.53 Å². The van der Waals surface area contributed by atoms with Gasteiger partial charge in [0.2, 0.25) is 0 Å². The molecule has 1 amide bonds. The summed E-state index contributed by atoms with van der Waals surface area (Å²) in [5.41, 5.74) is -0.213. The number of nitrogens with zero attached hydrogens (tertiary/aromatic N) is 1. The fraction of sp³-hybridized carbons (Fsp3) is 0.263. The minimum atomic E-state index is -0.691. The van der Waals surface area contributed by atoms with Gasteiger partial charge in [0.05, 0.1) is 31.8 Å². The van der Waals surface area contributed by atoms with Crippen LogP contribution in [0.3, 0.4) is 0 Å². The minimum Gasteiger partial charge on any atom is -0.493 e. The quantitative estimate of drug-likeness (QED) is 0.384. The summed E-state index contributed by atoms with van der Waals surface area (Å²) in [7, 11) is 2.60. The van der Waals surface area contributed by atoms with Gasteiger partial charge in [-0.1, -0.05) is 0 Å². The number of ether oxygens (including phenoxy) is 4. The van der Waals surface area contributed by atoms with E-state index in [2.05, 4.69) is 10.1 Å². The van der Waals surface area contributed by atoms with E-state index in [0.29, 0.717) is 18.0 Å². The second kappa shape index (κ2) is 9.93. The maximum Gasteiger partial charge on any atom is 0.343 e. The molecule has 0 radical (unpaired) electrons. The zero-order valence-corrected chi connectivity index (χ0v) is 16.1. The zero-order chi connectivity index (χ0) is 21.4. The van der Waals surface area contributed by atoms with Gasteiger partial charge in [-0.2, -0.15) is 0 Å². The van der Waals surface area contributed by atoms with Crippen molar-refractivity contribution in [1.29, 1.82) is 0 Å². The van der Waals surface area contributed by atoms with Crippen LogP contribution >= 0.6 is 0 Å². The Bertz CT molecular complexity index is 896. The largest absolute Gasteiger partial charge is 0.493 e. The van der Waals surface area contributed by atoms with Crippen LogP contribution in [0, 0.1) is 10.1 Å². The number of amides is 1. The third-order valence-electron chi connectivity index (χ3n) is 3.72. The lowest BCUT2D eigenvalue weighted by Gasteiger charge is -2.12. The smallest absolute Gasteiger partial charge is 0.343 e. The van der Waals surface area contributed by atoms with Crippen LogP contribution in [0.15, 0.2) is 36.4 Å². The molecule has 1 N–H and O–H groups in total. The van der Waals surface area contributed by atoms with Crippen LogP contribution in [-0.4, -0.2) is 44.2 Å². The average Bonchev–Trinajstić information content (AvgIpc) is 2.72. The molecule has 10 nitrogen and oxygen atoms in total. The second-order valence-electron chi connectivity index (χ2n) is 5.55. The van der Waals surface area contributed by atoms with E-state index in [1.54, 1.807) is 6.92 Å². The van der Waals surface area contributed by atoms with Crippen LogP contribution in [0.2, 0.25) is 0 Å². The van der Waals surface area contributed by atoms with Gasteiger partial charge in [0.15, 0.2) is 18.1 Å². The van der Waals surface area contributed by atoms with Crippen molar-refractivity contribution >= 4 is 23.3 Å². The molecule has 0 atom stereocenters. The molecule has 0 unspecified atom stereocenters. The number of anilines is 1. The van der Waals surface area contributed by atoms with Crippen molar-refractivity contribution in [3.05, 3.63) is 52.1 Å². The maximum atomic E-state index is 12.6. The Hall–Kier alpha value is -3.82. The highest BCUT2D eigenvalue weighted by Crippen LogP contribution is 2.35. The number of carbonyl (C=O) groups excluding carboxylic acids is 2. The number of nitro benzene ring substituents is 1. The van der Waals surface area contributed by atoms with Gasteiger partial charge in [-0.15, -0.1) is 0 Å². The number of nitro groups is 1. The Balaban J connectivity index is 2.22. The summed E-state index contributed by atoms with van der Waals surface area (Å²) in [6.07, 6.45) is 0. The topological polar surface area (TPSA) is 126 Å². The number of methoxy groups -OCH3 is 2. The lowest BCUT2D eigenvalue weighted by Crippen LogP contribution is -2.15. The molecular formula is C19H20N2O8. The highest BCUT2D eigenvalue weighted by Gasteiger charge is 2.25. The van der Waals surface area contributed by atoms with Crippen molar-refractivity contribution < 1.29 is 33.5 Å². The molecule has 10 heteroatoms. The number of esters is 1. The molecule has 2 aromatic rings. The Kier molecular flexibility index (Phi) is 7.35. The second-order valence-corrected chi connectivity index (χ2v) is 5.55. The van der Waals surface area contributed by atoms with Crippen LogP contribution in [0.4, 0.5) is 11.4 Å². The highest BCUT2D eigenvalue weighted by molar-refractivity contribution is 6.07. The van der Waals surface area contributed by atoms with E-state index in [1.165, 1.54) is 44.6 Å². The number of hydrogen-bond donors (Lipinski definition) is 1. The van der Waals surface area contributed by atoms with Crippen LogP contribution in [0.5, 0.6) is 17.2 Å². The Labute approximate surface area is 166 Å². The lowest BCUT2D eigenvalue weighted by atomic mass is 10.1. The van der Waals surface area contributed by atoms with Gasteiger partial charge in [-0.3, -0.25) is 14.9 Å². The zero-order valence-electron chi connectivity index (χ0n) is 16.1. The summed E-state index contributed by atoms with van der Waals surface area (Å²) in [6.45, 7) is 1.78. The predicted octanol–water partition coefficient (Wildman–Crippen LogP) is 2.81. The fourth-order valence-electron chi connectivity index (χ4n) is 2.34. The summed E-state index contributed by atoms with van der Waals surface area (Å²) in [5, 5.41) is 14.0. The number of carbonyl (C=O) groups is 2. The van der Waals surface area contributed by atoms with Crippen LogP contribution in [0.25, 0.3) is 0 Å². The van der Waals surface area contributed by atoms with E-state index < -0.39 is 22.5 Å². The SMILES string of the molecule is CCOc1cc(C(=O)Nc2ccc(OCC(=O)OC)cc2)c([N+](=O)[O-])cc1OC. The van der Waals surface area contributed by atoms with Gasteiger partial charge in [0.1, 0.15) is 11.3 Å². The van der Waals surface area contributed by atoms with Gasteiger partial charge in [0, 0.05) is 11.8 Å². The van der Waals surface area contributed by atoms with Crippen molar-refractivity contribution in [3.8, 4) is 17.2 Å². The Morgan fingerprint density at radius 3 is 2.31 bits per heavy atom. The molecule has 0 saturated heterocycles. The third kappa shape index (κ3) is 5.58. The summed E-state index contributed by atoms with van der Waals surface area (Å²) in [6, 6.07) is 8.54. The number of rotatable bonds is 9. The molecule has 0 aliphatic rings. The number of nitrogens with one attached hydrogen (secondary N) is 1. The fourth-order valence-corrected chi connectivity index (χ4v) is 2.34. The molecule has 154 valence electrons. The lowest BCUT2D eigenvalue weighted by molar-refractivity contribution is -0.385. The third-order valence-corrected chi connectivity index (χ3v) is 3.72. The van der Waals surface area contributed by atoms with E-state index in [-0.39, 0.29) is 23.7 Å². The van der Waals surface area contributed by atoms with E-state index in [4.69, 9.17) is 14.2 Å². The molecule has 0 fully saturated rings. The first kappa shape index (κ1) is 21.5. The van der Waals surface area contributed by atoms with Gasteiger partial charge >= 0.3 is 5.97 Å². The minimum absolute atomic E-state index is 0.155. The Morgan fingerprint density at radius 1 is 1.07 bits per heavy atom. The molecule has 0 bridgehead atoms. The van der Waals surface area contributed by atoms with Gasteiger partial charge in [0.25, 0.3) is 11.6 Å². The van der Waals surface area contributed by atoms with Crippen molar-refractivity contribution in [1.82, 2.24) is 0 Å². The van der Waals surface area contributed by atoms with E-state index in [0.717, 1.165) is 6.07 Å². The molecule has 2 rings (SSSR count). The summed E-state index contributed by atoms with van der Waals surface area (Å²) in [5.74, 6) is -0.454. The normalized spacial score (nSPS) is 10.0. The molecular weight excluding hydrogens is 384 g/mol. The molecule has 29 heavy (non-hydrogen) atoms. The molecule has 0 aliphatic heterocycles. The van der Waals surface area contributed by atoms with Gasteiger partial charge < -0.3 is 24.3 Å². The van der Waals surface area contributed by atoms with Gasteiger partial charge in [-0.05, 0) is 31.2 Å². The van der Waals surface area contributed by atoms with Crippen molar-refractivity contribution in [3.63, 3.8) is 0 Å². The first-order valence-corrected chi connectivity index (χ1v) is 8.49. The maximum absolute atomic E-state index is 12.6. The van der Waals surface area contributed by atoms with Gasteiger partial charge in [-0.25, -0.2) is 4.79 Å². The Morgan fingerprint density at radius 2 is 1.76 bits per heavy atom. The van der Waals surface area contributed by atoms with E-state index >= 15 is 0 Å². The molecule has 0 saturated carbocycles. The number of benzene rings is 2. The standard InChI is InChI=1S/C19H20N2O8/c1-4-28-17-9-14(15(21(24)25)10-16(17)26-2)19(23)20-12-5-7-13(8-6-12)29-11-18(22)27-3/h5-10H,4,11H2,1-3H3,(H,20,23). The molecule has 2 aromatic carbocycles. The van der Waals surface area contributed by atoms with Crippen LogP contribution in [0.1, 0.15) is 17.3 Å². The molecule has 0 heterocycles. The van der Waals surface area contributed by atoms with Crippen molar-refractivity contribution in [2.75, 3.05) is 32.8 Å². The van der Waals surface area contributed by atoms with Crippen LogP contribution < -0.4 is 19.5 Å². The van der Waals surface area contributed by atoms with E-state index in [9.17, 15) is 19.7 Å². The molecule has 0 aliphatic carbocycles. The summed E-state index contributed by atoms with van der Waals surface area (Å²) in [4.78, 5) is 34.4. The first-order chi connectivity index (χ1) is 13.9. The highest BCUT2D eigenvalue weighted by atomic mass is 16.6. The van der Waals surface area contributed by atoms with E-state index in [1.807, 2.05) is 0 Å². The summed E-state index contributed by atoms with van der Waals surface area (Å²) >= 11 is 0. The monoisotopic (exact) mass is 404 g/mol. The van der Waals surface area contributed by atoms with Crippen molar-refractivity contribution in [2.24, 2.45) is 0 Å². The average molecular weight is 404 g/mol. The molecule has 0 aromatic heterocycles. The number of hydrogen-bond acceptors (Lipinski definition) is 8. The van der Waals surface area contributed by atoms with Crippen molar-refractivity contribution in [2.45, 2.75) is 6.92 Å². The molecule has 0 spiro atoms.